The van der Waals surface area contributed by atoms with E-state index in [0.717, 1.165) is 31.8 Å². The first-order valence-electron chi connectivity index (χ1n) is 9.65. The van der Waals surface area contributed by atoms with Crippen molar-refractivity contribution in [2.45, 2.75) is 44.4 Å². The number of carbonyl (C=O) groups excluding carboxylic acids is 1. The monoisotopic (exact) mass is 444 g/mol. The predicted octanol–water partition coefficient (Wildman–Crippen LogP) is 3.46. The van der Waals surface area contributed by atoms with Crippen LogP contribution >= 0.6 is 10.8 Å². The summed E-state index contributed by atoms with van der Waals surface area (Å²) in [6.45, 7) is 6.68. The van der Waals surface area contributed by atoms with Gasteiger partial charge in [-0.2, -0.15) is 0 Å². The summed E-state index contributed by atoms with van der Waals surface area (Å²) in [5, 5.41) is 10.7. The molecule has 2 rings (SSSR count). The van der Waals surface area contributed by atoms with Crippen LogP contribution in [0.4, 0.5) is 5.69 Å². The van der Waals surface area contributed by atoms with Crippen LogP contribution in [0.2, 0.25) is 0 Å². The largest absolute Gasteiger partial charge is 0.464 e. The van der Waals surface area contributed by atoms with E-state index in [-0.39, 0.29) is 28.9 Å². The van der Waals surface area contributed by atoms with Gasteiger partial charge in [0, 0.05) is 17.9 Å². The highest BCUT2D eigenvalue weighted by Crippen LogP contribution is 2.26. The van der Waals surface area contributed by atoms with Gasteiger partial charge in [-0.3, -0.25) is 14.9 Å². The molecule has 0 spiro atoms. The van der Waals surface area contributed by atoms with E-state index < -0.39 is 19.2 Å². The van der Waals surface area contributed by atoms with Gasteiger partial charge in [-0.1, -0.05) is 6.42 Å². The van der Waals surface area contributed by atoms with Crippen LogP contribution in [0.15, 0.2) is 29.2 Å². The minimum Gasteiger partial charge on any atom is -0.464 e. The SMILES string of the molecule is CC(C)(CCN1CCCCC1)C(=O)OCCSS(=O)(=O)c1ccc([N+](=O)[O-])cc1. The molecule has 1 saturated heterocycles. The van der Waals surface area contributed by atoms with Crippen LogP contribution in [0.1, 0.15) is 39.5 Å². The van der Waals surface area contributed by atoms with Crippen molar-refractivity contribution in [1.82, 2.24) is 4.90 Å². The number of hydrogen-bond donors (Lipinski definition) is 0. The number of ether oxygens (including phenoxy) is 1. The fraction of sp³-hybridized carbons (Fsp3) is 0.632. The summed E-state index contributed by atoms with van der Waals surface area (Å²) in [6, 6.07) is 4.71. The highest BCUT2D eigenvalue weighted by atomic mass is 33.1. The molecule has 0 radical (unpaired) electrons. The molecule has 0 bridgehead atoms. The average molecular weight is 445 g/mol. The number of carbonyl (C=O) groups is 1. The summed E-state index contributed by atoms with van der Waals surface area (Å²) < 4.78 is 29.9. The number of nitro groups is 1. The average Bonchev–Trinajstić information content (AvgIpc) is 2.70. The maximum atomic E-state index is 12.4. The van der Waals surface area contributed by atoms with E-state index in [9.17, 15) is 23.3 Å². The van der Waals surface area contributed by atoms with Gasteiger partial charge in [0.15, 0.2) is 0 Å². The molecule has 1 aliphatic heterocycles. The standard InChI is InChI=1S/C19H28N2O6S2/c1-19(2,10-13-20-11-4-3-5-12-20)18(22)27-14-15-28-29(25,26)17-8-6-16(7-9-17)21(23)24/h6-9H,3-5,10-15H2,1-2H3. The Balaban J connectivity index is 1.76. The van der Waals surface area contributed by atoms with E-state index in [0.29, 0.717) is 17.2 Å². The maximum Gasteiger partial charge on any atom is 0.311 e. The summed E-state index contributed by atoms with van der Waals surface area (Å²) in [5.74, 6) is -0.240. The summed E-state index contributed by atoms with van der Waals surface area (Å²) in [5.41, 5.74) is -0.797. The second-order valence-corrected chi connectivity index (χ2v) is 11.7. The lowest BCUT2D eigenvalue weighted by Gasteiger charge is -2.30. The number of benzene rings is 1. The van der Waals surface area contributed by atoms with E-state index in [1.807, 2.05) is 13.8 Å². The van der Waals surface area contributed by atoms with E-state index >= 15 is 0 Å². The molecule has 162 valence electrons. The molecular weight excluding hydrogens is 416 g/mol. The van der Waals surface area contributed by atoms with E-state index in [2.05, 4.69) is 4.90 Å². The molecule has 0 amide bonds. The highest BCUT2D eigenvalue weighted by Gasteiger charge is 2.30. The minimum atomic E-state index is -3.66. The second kappa shape index (κ2) is 10.4. The molecule has 29 heavy (non-hydrogen) atoms. The number of nitro benzene ring substituents is 1. The normalized spacial score (nSPS) is 15.8. The van der Waals surface area contributed by atoms with E-state index in [1.54, 1.807) is 0 Å². The first-order chi connectivity index (χ1) is 13.6. The Morgan fingerprint density at radius 2 is 1.83 bits per heavy atom. The molecule has 1 aromatic carbocycles. The molecule has 0 aliphatic carbocycles. The van der Waals surface area contributed by atoms with Crippen molar-refractivity contribution in [2.24, 2.45) is 5.41 Å². The Labute approximate surface area is 175 Å². The van der Waals surface area contributed by atoms with Crippen molar-refractivity contribution >= 4 is 31.3 Å². The molecule has 0 atom stereocenters. The summed E-state index contributed by atoms with van der Waals surface area (Å²) in [4.78, 5) is 24.8. The maximum absolute atomic E-state index is 12.4. The molecule has 1 aliphatic rings. The van der Waals surface area contributed by atoms with Gasteiger partial charge in [-0.25, -0.2) is 8.42 Å². The number of hydrogen-bond acceptors (Lipinski definition) is 8. The van der Waals surface area contributed by atoms with Gasteiger partial charge in [-0.05, 0) is 75.7 Å². The smallest absolute Gasteiger partial charge is 0.311 e. The van der Waals surface area contributed by atoms with E-state index in [4.69, 9.17) is 4.74 Å². The fourth-order valence-corrected chi connectivity index (χ4v) is 5.58. The van der Waals surface area contributed by atoms with Crippen LogP contribution in [-0.4, -0.2) is 56.2 Å². The molecule has 1 aromatic rings. The topological polar surface area (TPSA) is 107 Å². The number of nitrogens with zero attached hydrogens (tertiary/aromatic N) is 2. The van der Waals surface area contributed by atoms with Crippen molar-refractivity contribution in [2.75, 3.05) is 32.0 Å². The van der Waals surface area contributed by atoms with Crippen molar-refractivity contribution in [3.8, 4) is 0 Å². The first kappa shape index (κ1) is 23.6. The Hall–Kier alpha value is -1.65. The fourth-order valence-electron chi connectivity index (χ4n) is 3.00. The Morgan fingerprint density at radius 3 is 2.41 bits per heavy atom. The summed E-state index contributed by atoms with van der Waals surface area (Å²) in [6.07, 6.45) is 4.36. The van der Waals surface area contributed by atoms with Gasteiger partial charge in [0.25, 0.3) is 5.69 Å². The molecule has 0 unspecified atom stereocenters. The molecule has 10 heteroatoms. The lowest BCUT2D eigenvalue weighted by Crippen LogP contribution is -2.36. The molecule has 1 heterocycles. The van der Waals surface area contributed by atoms with E-state index in [1.165, 1.54) is 31.4 Å². The third kappa shape index (κ3) is 7.27. The van der Waals surface area contributed by atoms with Gasteiger partial charge >= 0.3 is 5.97 Å². The first-order valence-corrected chi connectivity index (χ1v) is 12.6. The minimum absolute atomic E-state index is 0.0111. The van der Waals surface area contributed by atoms with Crippen LogP contribution in [0.25, 0.3) is 0 Å². The van der Waals surface area contributed by atoms with Crippen LogP contribution in [0, 0.1) is 15.5 Å². The Kier molecular flexibility index (Phi) is 8.47. The van der Waals surface area contributed by atoms with Crippen molar-refractivity contribution < 1.29 is 22.9 Å². The lowest BCUT2D eigenvalue weighted by atomic mass is 9.89. The Bertz CT molecular complexity index is 802. The summed E-state index contributed by atoms with van der Waals surface area (Å²) >= 11 is 0. The number of piperidine rings is 1. The van der Waals surface area contributed by atoms with Gasteiger partial charge in [0.2, 0.25) is 8.87 Å². The number of esters is 1. The molecule has 0 N–H and O–H groups in total. The van der Waals surface area contributed by atoms with Crippen LogP contribution in [0.5, 0.6) is 0 Å². The van der Waals surface area contributed by atoms with Gasteiger partial charge in [-0.15, -0.1) is 0 Å². The molecular formula is C19H28N2O6S2. The zero-order chi connectivity index (χ0) is 21.5. The number of likely N-dealkylation sites (tertiary alicyclic amines) is 1. The van der Waals surface area contributed by atoms with Crippen molar-refractivity contribution in [3.63, 3.8) is 0 Å². The molecule has 1 fully saturated rings. The number of rotatable bonds is 10. The van der Waals surface area contributed by atoms with Crippen LogP contribution < -0.4 is 0 Å². The van der Waals surface area contributed by atoms with Crippen molar-refractivity contribution in [3.05, 3.63) is 34.4 Å². The quantitative estimate of drug-likeness (QED) is 0.178. The molecule has 0 saturated carbocycles. The predicted molar refractivity (Wildman–Crippen MR) is 112 cm³/mol. The Morgan fingerprint density at radius 1 is 1.21 bits per heavy atom. The van der Waals surface area contributed by atoms with Crippen LogP contribution in [-0.2, 0) is 18.4 Å². The van der Waals surface area contributed by atoms with Gasteiger partial charge in [0.05, 0.1) is 15.2 Å². The lowest BCUT2D eigenvalue weighted by molar-refractivity contribution is -0.384. The summed E-state index contributed by atoms with van der Waals surface area (Å²) in [7, 11) is -3.01. The zero-order valence-electron chi connectivity index (χ0n) is 16.8. The van der Waals surface area contributed by atoms with Crippen molar-refractivity contribution in [1.29, 1.82) is 0 Å². The zero-order valence-corrected chi connectivity index (χ0v) is 18.5. The molecule has 0 aromatic heterocycles. The third-order valence-corrected chi connectivity index (χ3v) is 8.45. The third-order valence-electron chi connectivity index (χ3n) is 4.95. The molecule has 8 nitrogen and oxygen atoms in total. The van der Waals surface area contributed by atoms with Gasteiger partial charge in [0.1, 0.15) is 6.61 Å². The highest BCUT2D eigenvalue weighted by molar-refractivity contribution is 8.72. The second-order valence-electron chi connectivity index (χ2n) is 7.70. The van der Waals surface area contributed by atoms with Crippen LogP contribution in [0.3, 0.4) is 0 Å². The van der Waals surface area contributed by atoms with Gasteiger partial charge < -0.3 is 9.64 Å². The number of non-ortho nitro benzene ring substituents is 1.